The van der Waals surface area contributed by atoms with Crippen LogP contribution in [0.5, 0.6) is 0 Å². The van der Waals surface area contributed by atoms with Crippen LogP contribution in [0.3, 0.4) is 0 Å². The lowest BCUT2D eigenvalue weighted by atomic mass is 10.2. The number of nitrogens with zero attached hydrogens (tertiary/aromatic N) is 4. The Morgan fingerprint density at radius 2 is 2.20 bits per heavy atom. The highest BCUT2D eigenvalue weighted by atomic mass is 79.9. The Hall–Kier alpha value is -0.980. The van der Waals surface area contributed by atoms with Gasteiger partial charge in [-0.1, -0.05) is 18.5 Å². The maximum absolute atomic E-state index is 6.20. The number of rotatable bonds is 5. The summed E-state index contributed by atoms with van der Waals surface area (Å²) in [5.74, 6) is 0.763. The molecule has 5 nitrogen and oxygen atoms in total. The second-order valence-corrected chi connectivity index (χ2v) is 5.94. The van der Waals surface area contributed by atoms with Crippen LogP contribution in [0.2, 0.25) is 5.02 Å². The molecule has 0 bridgehead atoms. The van der Waals surface area contributed by atoms with Gasteiger partial charge in [0.2, 0.25) is 0 Å². The molecule has 0 radical (unpaired) electrons. The van der Waals surface area contributed by atoms with Crippen molar-refractivity contribution in [2.24, 2.45) is 0 Å². The van der Waals surface area contributed by atoms with Crippen LogP contribution in [0.25, 0.3) is 5.69 Å². The van der Waals surface area contributed by atoms with E-state index in [1.807, 2.05) is 26.0 Å². The zero-order valence-electron chi connectivity index (χ0n) is 11.7. The second kappa shape index (κ2) is 6.65. The van der Waals surface area contributed by atoms with Crippen molar-refractivity contribution in [1.29, 1.82) is 0 Å². The minimum absolute atomic E-state index is 0.0666. The van der Waals surface area contributed by atoms with Crippen molar-refractivity contribution in [3.63, 3.8) is 0 Å². The Morgan fingerprint density at radius 1 is 1.45 bits per heavy atom. The number of benzene rings is 1. The van der Waals surface area contributed by atoms with Gasteiger partial charge in [-0.05, 0) is 70.9 Å². The molecule has 108 valence electrons. The van der Waals surface area contributed by atoms with Gasteiger partial charge >= 0.3 is 0 Å². The van der Waals surface area contributed by atoms with Gasteiger partial charge in [-0.15, -0.1) is 5.10 Å². The van der Waals surface area contributed by atoms with Gasteiger partial charge in [-0.25, -0.2) is 0 Å². The zero-order valence-corrected chi connectivity index (χ0v) is 14.0. The minimum atomic E-state index is 0.0666. The molecule has 2 aromatic rings. The van der Waals surface area contributed by atoms with Crippen LogP contribution in [0, 0.1) is 6.92 Å². The topological polar surface area (TPSA) is 55.6 Å². The third-order valence-electron chi connectivity index (χ3n) is 3.04. The van der Waals surface area contributed by atoms with Crippen LogP contribution in [-0.2, 0) is 0 Å². The Morgan fingerprint density at radius 3 is 2.90 bits per heavy atom. The van der Waals surface area contributed by atoms with Crippen LogP contribution >= 0.6 is 27.5 Å². The number of tetrazole rings is 1. The second-order valence-electron chi connectivity index (χ2n) is 4.68. The Labute approximate surface area is 131 Å². The monoisotopic (exact) mass is 357 g/mol. The predicted octanol–water partition coefficient (Wildman–Crippen LogP) is 3.45. The first-order chi connectivity index (χ1) is 9.54. The van der Waals surface area contributed by atoms with Crippen LogP contribution in [0.1, 0.15) is 37.7 Å². The first-order valence-electron chi connectivity index (χ1n) is 6.52. The molecular weight excluding hydrogens is 342 g/mol. The lowest BCUT2D eigenvalue weighted by molar-refractivity contribution is 0.531. The van der Waals surface area contributed by atoms with Crippen LogP contribution in [0.15, 0.2) is 16.6 Å². The average Bonchev–Trinajstić information content (AvgIpc) is 2.89. The predicted molar refractivity (Wildman–Crippen MR) is 83.3 cm³/mol. The van der Waals surface area contributed by atoms with Gasteiger partial charge in [0.05, 0.1) is 11.7 Å². The highest BCUT2D eigenvalue weighted by molar-refractivity contribution is 9.10. The van der Waals surface area contributed by atoms with E-state index < -0.39 is 0 Å². The summed E-state index contributed by atoms with van der Waals surface area (Å²) in [4.78, 5) is 0. The highest BCUT2D eigenvalue weighted by Crippen LogP contribution is 2.28. The molecule has 2 rings (SSSR count). The van der Waals surface area contributed by atoms with Gasteiger partial charge in [0.1, 0.15) is 0 Å². The molecule has 0 aliphatic heterocycles. The summed E-state index contributed by atoms with van der Waals surface area (Å²) in [7, 11) is 0. The molecule has 1 unspecified atom stereocenters. The van der Waals surface area contributed by atoms with Crippen molar-refractivity contribution >= 4 is 27.5 Å². The number of aromatic nitrogens is 4. The molecule has 1 aromatic carbocycles. The molecule has 0 fully saturated rings. The maximum Gasteiger partial charge on any atom is 0.173 e. The molecule has 0 saturated carbocycles. The molecule has 1 atom stereocenters. The van der Waals surface area contributed by atoms with Gasteiger partial charge in [0, 0.05) is 9.50 Å². The van der Waals surface area contributed by atoms with Crippen molar-refractivity contribution < 1.29 is 0 Å². The first-order valence-corrected chi connectivity index (χ1v) is 7.69. The van der Waals surface area contributed by atoms with E-state index in [4.69, 9.17) is 11.6 Å². The third kappa shape index (κ3) is 3.19. The standard InChI is InChI=1S/C13H17BrClN5/c1-4-5-16-9(3)13-17-18-19-20(13)12-7-11(15)8(2)6-10(12)14/h6-7,9,16H,4-5H2,1-3H3. The minimum Gasteiger partial charge on any atom is -0.307 e. The molecule has 1 N–H and O–H groups in total. The Balaban J connectivity index is 2.39. The average molecular weight is 359 g/mol. The van der Waals surface area contributed by atoms with Gasteiger partial charge in [0.25, 0.3) is 0 Å². The van der Waals surface area contributed by atoms with Crippen LogP contribution in [-0.4, -0.2) is 26.8 Å². The van der Waals surface area contributed by atoms with E-state index >= 15 is 0 Å². The van der Waals surface area contributed by atoms with E-state index in [1.165, 1.54) is 0 Å². The number of hydrogen-bond donors (Lipinski definition) is 1. The summed E-state index contributed by atoms with van der Waals surface area (Å²) in [6.07, 6.45) is 1.06. The number of hydrogen-bond acceptors (Lipinski definition) is 4. The molecule has 1 heterocycles. The summed E-state index contributed by atoms with van der Waals surface area (Å²) in [6, 6.07) is 3.90. The summed E-state index contributed by atoms with van der Waals surface area (Å²) in [5.41, 5.74) is 1.85. The fraction of sp³-hybridized carbons (Fsp3) is 0.462. The molecule has 7 heteroatoms. The van der Waals surface area contributed by atoms with Gasteiger partial charge < -0.3 is 5.32 Å². The van der Waals surface area contributed by atoms with Crippen molar-refractivity contribution in [2.75, 3.05) is 6.54 Å². The lowest BCUT2D eigenvalue weighted by Gasteiger charge is -2.14. The summed E-state index contributed by atoms with van der Waals surface area (Å²) < 4.78 is 2.62. The fourth-order valence-corrected chi connectivity index (χ4v) is 2.67. The quantitative estimate of drug-likeness (QED) is 0.889. The first kappa shape index (κ1) is 15.4. The van der Waals surface area contributed by atoms with Gasteiger partial charge in [0.15, 0.2) is 5.82 Å². The molecular formula is C13H17BrClN5. The van der Waals surface area contributed by atoms with E-state index in [0.29, 0.717) is 5.02 Å². The molecule has 20 heavy (non-hydrogen) atoms. The van der Waals surface area contributed by atoms with E-state index in [9.17, 15) is 0 Å². The summed E-state index contributed by atoms with van der Waals surface area (Å²) >= 11 is 9.74. The van der Waals surface area contributed by atoms with E-state index in [1.54, 1.807) is 4.68 Å². The van der Waals surface area contributed by atoms with E-state index in [-0.39, 0.29) is 6.04 Å². The highest BCUT2D eigenvalue weighted by Gasteiger charge is 2.17. The molecule has 0 saturated heterocycles. The van der Waals surface area contributed by atoms with Crippen molar-refractivity contribution in [1.82, 2.24) is 25.5 Å². The molecule has 0 aliphatic carbocycles. The number of halogens is 2. The van der Waals surface area contributed by atoms with Crippen molar-refractivity contribution in [2.45, 2.75) is 33.2 Å². The largest absolute Gasteiger partial charge is 0.307 e. The summed E-state index contributed by atoms with van der Waals surface area (Å²) in [6.45, 7) is 7.05. The van der Waals surface area contributed by atoms with Crippen molar-refractivity contribution in [3.8, 4) is 5.69 Å². The lowest BCUT2D eigenvalue weighted by Crippen LogP contribution is -2.22. The van der Waals surface area contributed by atoms with Crippen LogP contribution in [0.4, 0.5) is 0 Å². The molecule has 0 amide bonds. The molecule has 0 aliphatic rings. The zero-order chi connectivity index (χ0) is 14.7. The van der Waals surface area contributed by atoms with Crippen molar-refractivity contribution in [3.05, 3.63) is 33.0 Å². The third-order valence-corrected chi connectivity index (χ3v) is 4.08. The van der Waals surface area contributed by atoms with Gasteiger partial charge in [-0.3, -0.25) is 0 Å². The Kier molecular flexibility index (Phi) is 5.12. The number of aryl methyl sites for hydroxylation is 1. The van der Waals surface area contributed by atoms with Gasteiger partial charge in [-0.2, -0.15) is 4.68 Å². The molecule has 0 spiro atoms. The van der Waals surface area contributed by atoms with Crippen LogP contribution < -0.4 is 5.32 Å². The summed E-state index contributed by atoms with van der Waals surface area (Å²) in [5, 5.41) is 16.0. The van der Waals surface area contributed by atoms with E-state index in [2.05, 4.69) is 43.7 Å². The maximum atomic E-state index is 6.20. The van der Waals surface area contributed by atoms with E-state index in [0.717, 1.165) is 34.5 Å². The fourth-order valence-electron chi connectivity index (χ4n) is 1.89. The SMILES string of the molecule is CCCNC(C)c1nnnn1-c1cc(Cl)c(C)cc1Br. The normalized spacial score (nSPS) is 12.7. The molecule has 1 aromatic heterocycles. The smallest absolute Gasteiger partial charge is 0.173 e. The Bertz CT molecular complexity index is 598. The number of nitrogens with one attached hydrogen (secondary N) is 1.